The molecule has 0 fully saturated rings. The summed E-state index contributed by atoms with van der Waals surface area (Å²) in [6, 6.07) is 9.40. The van der Waals surface area contributed by atoms with E-state index in [9.17, 15) is 4.79 Å². The molecule has 0 saturated carbocycles. The van der Waals surface area contributed by atoms with E-state index in [0.717, 1.165) is 11.3 Å². The first-order valence-electron chi connectivity index (χ1n) is 5.63. The number of rotatable bonds is 4. The smallest absolute Gasteiger partial charge is 0.268 e. The highest BCUT2D eigenvalue weighted by Gasteiger charge is 2.09. The Morgan fingerprint density at radius 1 is 1.39 bits per heavy atom. The van der Waals surface area contributed by atoms with Gasteiger partial charge in [-0.1, -0.05) is 28.1 Å². The number of nitrogens with zero attached hydrogens (tertiary/aromatic N) is 1. The van der Waals surface area contributed by atoms with E-state index in [0.29, 0.717) is 23.2 Å². The zero-order valence-corrected chi connectivity index (χ0v) is 11.5. The van der Waals surface area contributed by atoms with Gasteiger partial charge in [0.15, 0.2) is 0 Å². The largest absolute Gasteiger partial charge is 0.493 e. The van der Waals surface area contributed by atoms with Gasteiger partial charge in [0.05, 0.1) is 12.3 Å². The number of ether oxygens (including phenoxy) is 1. The van der Waals surface area contributed by atoms with Gasteiger partial charge < -0.3 is 4.74 Å². The van der Waals surface area contributed by atoms with Crippen molar-refractivity contribution < 1.29 is 4.74 Å². The van der Waals surface area contributed by atoms with Crippen molar-refractivity contribution in [3.63, 3.8) is 0 Å². The monoisotopic (exact) mass is 308 g/mol. The van der Waals surface area contributed by atoms with E-state index < -0.39 is 0 Å². The molecule has 0 spiro atoms. The Balaban J connectivity index is 2.51. The van der Waals surface area contributed by atoms with Crippen LogP contribution in [0.4, 0.5) is 0 Å². The summed E-state index contributed by atoms with van der Waals surface area (Å²) in [4.78, 5) is 11.5. The molecule has 0 amide bonds. The molecule has 2 rings (SSSR count). The number of para-hydroxylation sites is 1. The summed E-state index contributed by atoms with van der Waals surface area (Å²) in [5, 5.41) is 7.05. The van der Waals surface area contributed by atoms with Crippen LogP contribution < -0.4 is 10.3 Å². The molecule has 5 heteroatoms. The molecule has 0 aliphatic heterocycles. The molecule has 2 aromatic rings. The number of aromatic amines is 1. The Bertz CT molecular complexity index is 596. The van der Waals surface area contributed by atoms with Crippen LogP contribution in [0.15, 0.2) is 35.1 Å². The van der Waals surface area contributed by atoms with Crippen molar-refractivity contribution in [1.29, 1.82) is 0 Å². The molecular formula is C13H13BrN2O2. The number of aromatic nitrogens is 2. The second kappa shape index (κ2) is 5.82. The third-order valence-electron chi connectivity index (χ3n) is 2.49. The predicted octanol–water partition coefficient (Wildman–Crippen LogP) is 2.73. The van der Waals surface area contributed by atoms with Gasteiger partial charge in [-0.3, -0.25) is 4.79 Å². The summed E-state index contributed by atoms with van der Waals surface area (Å²) < 4.78 is 5.55. The molecule has 18 heavy (non-hydrogen) atoms. The van der Waals surface area contributed by atoms with Crippen LogP contribution in [0, 0.1) is 0 Å². The second-order valence-corrected chi connectivity index (χ2v) is 4.23. The molecule has 1 heterocycles. The number of H-pyrrole nitrogens is 1. The van der Waals surface area contributed by atoms with Crippen LogP contribution in [-0.4, -0.2) is 16.8 Å². The van der Waals surface area contributed by atoms with Gasteiger partial charge in [-0.15, -0.1) is 0 Å². The highest BCUT2D eigenvalue weighted by molar-refractivity contribution is 9.08. The van der Waals surface area contributed by atoms with E-state index in [2.05, 4.69) is 26.1 Å². The van der Waals surface area contributed by atoms with Crippen molar-refractivity contribution >= 4 is 15.9 Å². The Morgan fingerprint density at radius 3 is 2.89 bits per heavy atom. The summed E-state index contributed by atoms with van der Waals surface area (Å²) in [7, 11) is 0. The third kappa shape index (κ3) is 2.61. The van der Waals surface area contributed by atoms with E-state index in [1.165, 1.54) is 0 Å². The maximum absolute atomic E-state index is 11.5. The summed E-state index contributed by atoms with van der Waals surface area (Å²) in [5.41, 5.74) is 2.04. The Hall–Kier alpha value is -1.62. The van der Waals surface area contributed by atoms with Gasteiger partial charge in [0.25, 0.3) is 5.56 Å². The highest BCUT2D eigenvalue weighted by Crippen LogP contribution is 2.28. The first-order valence-corrected chi connectivity index (χ1v) is 6.75. The molecular weight excluding hydrogens is 296 g/mol. The van der Waals surface area contributed by atoms with E-state index in [-0.39, 0.29) is 5.56 Å². The van der Waals surface area contributed by atoms with Crippen molar-refractivity contribution in [2.75, 3.05) is 6.61 Å². The summed E-state index contributed by atoms with van der Waals surface area (Å²) in [5.74, 6) is 0.764. The molecule has 1 aromatic heterocycles. The minimum absolute atomic E-state index is 0.176. The quantitative estimate of drug-likeness (QED) is 0.884. The van der Waals surface area contributed by atoms with Crippen LogP contribution in [0.5, 0.6) is 5.75 Å². The minimum atomic E-state index is -0.176. The van der Waals surface area contributed by atoms with Gasteiger partial charge in [-0.25, -0.2) is 5.10 Å². The lowest BCUT2D eigenvalue weighted by molar-refractivity contribution is 0.341. The van der Waals surface area contributed by atoms with Crippen LogP contribution in [0.2, 0.25) is 0 Å². The standard InChI is InChI=1S/C13H13BrN2O2/c1-2-18-12-6-4-3-5-10(12)11-7-9(8-14)13(17)16-15-11/h3-7H,2,8H2,1H3,(H,16,17). The molecule has 0 saturated heterocycles. The van der Waals surface area contributed by atoms with Crippen LogP contribution in [0.3, 0.4) is 0 Å². The lowest BCUT2D eigenvalue weighted by Gasteiger charge is -2.09. The summed E-state index contributed by atoms with van der Waals surface area (Å²) in [6.07, 6.45) is 0. The zero-order valence-electron chi connectivity index (χ0n) is 9.94. The molecule has 0 bridgehead atoms. The van der Waals surface area contributed by atoms with Gasteiger partial charge in [-0.05, 0) is 25.1 Å². The van der Waals surface area contributed by atoms with Crippen LogP contribution in [0.25, 0.3) is 11.3 Å². The van der Waals surface area contributed by atoms with Crippen LogP contribution in [0.1, 0.15) is 12.5 Å². The van der Waals surface area contributed by atoms with Crippen molar-refractivity contribution in [2.24, 2.45) is 0 Å². The van der Waals surface area contributed by atoms with E-state index in [4.69, 9.17) is 4.74 Å². The van der Waals surface area contributed by atoms with Crippen molar-refractivity contribution in [1.82, 2.24) is 10.2 Å². The maximum atomic E-state index is 11.5. The molecule has 94 valence electrons. The number of benzene rings is 1. The Morgan fingerprint density at radius 2 is 2.17 bits per heavy atom. The fourth-order valence-corrected chi connectivity index (χ4v) is 2.06. The number of halogens is 1. The van der Waals surface area contributed by atoms with E-state index in [1.807, 2.05) is 31.2 Å². The predicted molar refractivity (Wildman–Crippen MR) is 74.1 cm³/mol. The van der Waals surface area contributed by atoms with Crippen molar-refractivity contribution in [3.05, 3.63) is 46.2 Å². The average Bonchev–Trinajstić information content (AvgIpc) is 2.40. The molecule has 0 radical (unpaired) electrons. The molecule has 0 aliphatic carbocycles. The van der Waals surface area contributed by atoms with E-state index >= 15 is 0 Å². The summed E-state index contributed by atoms with van der Waals surface area (Å²) >= 11 is 3.29. The van der Waals surface area contributed by atoms with Gasteiger partial charge in [-0.2, -0.15) is 5.10 Å². The topological polar surface area (TPSA) is 55.0 Å². The van der Waals surface area contributed by atoms with Crippen LogP contribution in [-0.2, 0) is 5.33 Å². The lowest BCUT2D eigenvalue weighted by Crippen LogP contribution is -2.13. The molecule has 0 aliphatic rings. The SMILES string of the molecule is CCOc1ccccc1-c1cc(CBr)c(=O)[nH]n1. The highest BCUT2D eigenvalue weighted by atomic mass is 79.9. The number of hydrogen-bond donors (Lipinski definition) is 1. The number of alkyl halides is 1. The van der Waals surface area contributed by atoms with Gasteiger partial charge in [0.2, 0.25) is 0 Å². The van der Waals surface area contributed by atoms with Gasteiger partial charge in [0.1, 0.15) is 5.75 Å². The molecule has 0 atom stereocenters. The number of nitrogens with one attached hydrogen (secondary N) is 1. The maximum Gasteiger partial charge on any atom is 0.268 e. The first kappa shape index (κ1) is 12.8. The molecule has 1 N–H and O–H groups in total. The van der Waals surface area contributed by atoms with Gasteiger partial charge >= 0.3 is 0 Å². The Labute approximate surface area is 113 Å². The third-order valence-corrected chi connectivity index (χ3v) is 3.09. The van der Waals surface area contributed by atoms with Crippen molar-refractivity contribution in [2.45, 2.75) is 12.3 Å². The van der Waals surface area contributed by atoms with Crippen molar-refractivity contribution in [3.8, 4) is 17.0 Å². The summed E-state index contributed by atoms with van der Waals surface area (Å²) in [6.45, 7) is 2.52. The molecule has 4 nitrogen and oxygen atoms in total. The fraction of sp³-hybridized carbons (Fsp3) is 0.231. The first-order chi connectivity index (χ1) is 8.76. The van der Waals surface area contributed by atoms with Gasteiger partial charge in [0, 0.05) is 16.5 Å². The minimum Gasteiger partial charge on any atom is -0.493 e. The van der Waals surface area contributed by atoms with E-state index in [1.54, 1.807) is 6.07 Å². The fourth-order valence-electron chi connectivity index (χ4n) is 1.64. The lowest BCUT2D eigenvalue weighted by atomic mass is 10.1. The zero-order chi connectivity index (χ0) is 13.0. The Kier molecular flexibility index (Phi) is 4.15. The molecule has 0 unspecified atom stereocenters. The average molecular weight is 309 g/mol. The molecule has 1 aromatic carbocycles. The van der Waals surface area contributed by atoms with Crippen LogP contribution >= 0.6 is 15.9 Å². The second-order valence-electron chi connectivity index (χ2n) is 3.67. The normalized spacial score (nSPS) is 10.3. The number of hydrogen-bond acceptors (Lipinski definition) is 3.